The number of rotatable bonds is 3. The first-order chi connectivity index (χ1) is 8.52. The maximum Gasteiger partial charge on any atom is 0.276 e. The number of nitrogens with two attached hydrogens (primary N) is 1. The Hall–Kier alpha value is -2.48. The molecule has 94 valence electrons. The Morgan fingerprint density at radius 2 is 2.17 bits per heavy atom. The monoisotopic (exact) mass is 248 g/mol. The van der Waals surface area contributed by atoms with Crippen LogP contribution in [0.15, 0.2) is 18.5 Å². The zero-order valence-electron chi connectivity index (χ0n) is 9.91. The Bertz CT molecular complexity index is 606. The molecule has 0 bridgehead atoms. The topological polar surface area (TPSA) is 112 Å². The second kappa shape index (κ2) is 4.41. The molecule has 0 radical (unpaired) electrons. The van der Waals surface area contributed by atoms with E-state index in [4.69, 9.17) is 5.84 Å². The molecule has 0 unspecified atom stereocenters. The van der Waals surface area contributed by atoms with Gasteiger partial charge in [0.05, 0.1) is 22.7 Å². The number of hydrogen-bond acceptors (Lipinski definition) is 6. The van der Waals surface area contributed by atoms with Crippen LogP contribution in [0.25, 0.3) is 5.82 Å². The van der Waals surface area contributed by atoms with Crippen LogP contribution in [0, 0.1) is 24.0 Å². The molecule has 0 atom stereocenters. The highest BCUT2D eigenvalue weighted by molar-refractivity contribution is 5.50. The lowest BCUT2D eigenvalue weighted by Crippen LogP contribution is -2.11. The molecule has 3 N–H and O–H groups in total. The molecule has 0 amide bonds. The van der Waals surface area contributed by atoms with E-state index >= 15 is 0 Å². The molecule has 0 aliphatic heterocycles. The van der Waals surface area contributed by atoms with Gasteiger partial charge in [0.25, 0.3) is 5.69 Å². The van der Waals surface area contributed by atoms with Crippen LogP contribution in [0.4, 0.5) is 11.5 Å². The van der Waals surface area contributed by atoms with E-state index in [9.17, 15) is 10.1 Å². The molecule has 0 saturated carbocycles. The van der Waals surface area contributed by atoms with Crippen LogP contribution in [0.2, 0.25) is 0 Å². The molecule has 8 heteroatoms. The first-order valence-corrected chi connectivity index (χ1v) is 5.17. The minimum Gasteiger partial charge on any atom is -0.308 e. The van der Waals surface area contributed by atoms with Crippen LogP contribution < -0.4 is 11.3 Å². The summed E-state index contributed by atoms with van der Waals surface area (Å²) in [6.07, 6.45) is 1.57. The number of nitro groups is 1. The Kier molecular flexibility index (Phi) is 2.94. The fraction of sp³-hybridized carbons (Fsp3) is 0.200. The van der Waals surface area contributed by atoms with Gasteiger partial charge in [-0.2, -0.15) is 0 Å². The molecule has 0 aromatic carbocycles. The van der Waals surface area contributed by atoms with Crippen LogP contribution in [-0.2, 0) is 0 Å². The van der Waals surface area contributed by atoms with E-state index < -0.39 is 4.92 Å². The van der Waals surface area contributed by atoms with Crippen molar-refractivity contribution in [1.82, 2.24) is 14.5 Å². The van der Waals surface area contributed by atoms with E-state index in [1.807, 2.05) is 13.8 Å². The fourth-order valence-electron chi connectivity index (χ4n) is 1.53. The van der Waals surface area contributed by atoms with E-state index in [2.05, 4.69) is 15.4 Å². The molecule has 8 nitrogen and oxygen atoms in total. The van der Waals surface area contributed by atoms with Gasteiger partial charge in [-0.15, -0.1) is 0 Å². The number of pyridine rings is 1. The summed E-state index contributed by atoms with van der Waals surface area (Å²) in [5.41, 5.74) is 3.93. The minimum absolute atomic E-state index is 0.0845. The highest BCUT2D eigenvalue weighted by Crippen LogP contribution is 2.21. The van der Waals surface area contributed by atoms with Gasteiger partial charge in [-0.05, 0) is 13.8 Å². The highest BCUT2D eigenvalue weighted by Gasteiger charge is 2.13. The van der Waals surface area contributed by atoms with Gasteiger partial charge in [-0.1, -0.05) is 0 Å². The lowest BCUT2D eigenvalue weighted by Gasteiger charge is -2.07. The Morgan fingerprint density at radius 3 is 2.67 bits per heavy atom. The standard InChI is InChI=1S/C10H12N6O2/c1-6-7(2)15(5-12-6)10-4-8(16(17)18)3-9(13-10)14-11/h3-5H,11H2,1-2H3,(H,13,14). The molecule has 0 saturated heterocycles. The van der Waals surface area contributed by atoms with Gasteiger partial charge < -0.3 is 5.43 Å². The number of anilines is 1. The molecule has 18 heavy (non-hydrogen) atoms. The van der Waals surface area contributed by atoms with Crippen molar-refractivity contribution in [3.05, 3.63) is 40.0 Å². The quantitative estimate of drug-likeness (QED) is 0.477. The van der Waals surface area contributed by atoms with Gasteiger partial charge in [0.2, 0.25) is 0 Å². The second-order valence-electron chi connectivity index (χ2n) is 3.76. The smallest absolute Gasteiger partial charge is 0.276 e. The van der Waals surface area contributed by atoms with Crippen molar-refractivity contribution in [3.8, 4) is 5.82 Å². The second-order valence-corrected chi connectivity index (χ2v) is 3.76. The van der Waals surface area contributed by atoms with Crippen LogP contribution in [-0.4, -0.2) is 19.5 Å². The van der Waals surface area contributed by atoms with E-state index in [0.29, 0.717) is 5.82 Å². The molecule has 2 aromatic heterocycles. The van der Waals surface area contributed by atoms with E-state index in [1.54, 1.807) is 10.9 Å². The fourth-order valence-corrected chi connectivity index (χ4v) is 1.53. The molecule has 0 fully saturated rings. The van der Waals surface area contributed by atoms with Crippen molar-refractivity contribution in [2.45, 2.75) is 13.8 Å². The third-order valence-corrected chi connectivity index (χ3v) is 2.65. The van der Waals surface area contributed by atoms with Crippen LogP contribution in [0.1, 0.15) is 11.4 Å². The van der Waals surface area contributed by atoms with Gasteiger partial charge in [-0.3, -0.25) is 14.7 Å². The first-order valence-electron chi connectivity index (χ1n) is 5.17. The number of nitrogens with one attached hydrogen (secondary N) is 1. The summed E-state index contributed by atoms with van der Waals surface area (Å²) in [4.78, 5) is 18.6. The maximum absolute atomic E-state index is 10.8. The number of nitrogens with zero attached hydrogens (tertiary/aromatic N) is 4. The summed E-state index contributed by atoms with van der Waals surface area (Å²) in [6, 6.07) is 2.64. The number of nitrogen functional groups attached to an aromatic ring is 1. The number of imidazole rings is 1. The van der Waals surface area contributed by atoms with Crippen molar-refractivity contribution in [2.24, 2.45) is 5.84 Å². The van der Waals surface area contributed by atoms with E-state index in [1.165, 1.54) is 12.1 Å². The van der Waals surface area contributed by atoms with Gasteiger partial charge in [0.15, 0.2) is 0 Å². The van der Waals surface area contributed by atoms with Gasteiger partial charge in [0, 0.05) is 5.69 Å². The Balaban J connectivity index is 2.60. The number of aryl methyl sites for hydroxylation is 1. The predicted octanol–water partition coefficient (Wildman–Crippen LogP) is 1.08. The van der Waals surface area contributed by atoms with Gasteiger partial charge >= 0.3 is 0 Å². The summed E-state index contributed by atoms with van der Waals surface area (Å²) in [6.45, 7) is 3.71. The highest BCUT2D eigenvalue weighted by atomic mass is 16.6. The average Bonchev–Trinajstić information content (AvgIpc) is 2.69. The third-order valence-electron chi connectivity index (χ3n) is 2.65. The van der Waals surface area contributed by atoms with Crippen molar-refractivity contribution in [1.29, 1.82) is 0 Å². The van der Waals surface area contributed by atoms with Crippen molar-refractivity contribution < 1.29 is 4.92 Å². The molecule has 0 aliphatic carbocycles. The van der Waals surface area contributed by atoms with Crippen molar-refractivity contribution >= 4 is 11.5 Å². The average molecular weight is 248 g/mol. The van der Waals surface area contributed by atoms with Crippen molar-refractivity contribution in [3.63, 3.8) is 0 Å². The number of hydrogen-bond donors (Lipinski definition) is 2. The summed E-state index contributed by atoms with van der Waals surface area (Å²) in [5.74, 6) is 5.87. The SMILES string of the molecule is Cc1ncn(-c2cc([N+](=O)[O-])cc(NN)n2)c1C. The van der Waals surface area contributed by atoms with E-state index in [-0.39, 0.29) is 11.5 Å². The van der Waals surface area contributed by atoms with E-state index in [0.717, 1.165) is 11.4 Å². The van der Waals surface area contributed by atoms with Crippen LogP contribution in [0.5, 0.6) is 0 Å². The van der Waals surface area contributed by atoms with Crippen LogP contribution in [0.3, 0.4) is 0 Å². The summed E-state index contributed by atoms with van der Waals surface area (Å²) >= 11 is 0. The lowest BCUT2D eigenvalue weighted by atomic mass is 10.3. The third kappa shape index (κ3) is 2.00. The van der Waals surface area contributed by atoms with Gasteiger partial charge in [0.1, 0.15) is 18.0 Å². The predicted molar refractivity (Wildman–Crippen MR) is 65.3 cm³/mol. The molecular formula is C10H12N6O2. The first kappa shape index (κ1) is 12.0. The normalized spacial score (nSPS) is 10.4. The molecule has 0 spiro atoms. The summed E-state index contributed by atoms with van der Waals surface area (Å²) in [5, 5.41) is 10.8. The molecular weight excluding hydrogens is 236 g/mol. The number of aromatic nitrogens is 3. The molecule has 2 heterocycles. The van der Waals surface area contributed by atoms with Crippen LogP contribution >= 0.6 is 0 Å². The summed E-state index contributed by atoms with van der Waals surface area (Å²) < 4.78 is 1.67. The van der Waals surface area contributed by atoms with Crippen molar-refractivity contribution in [2.75, 3.05) is 5.43 Å². The maximum atomic E-state index is 10.8. The largest absolute Gasteiger partial charge is 0.308 e. The number of hydrazine groups is 1. The zero-order valence-corrected chi connectivity index (χ0v) is 9.91. The Labute approximate surface area is 103 Å². The summed E-state index contributed by atoms with van der Waals surface area (Å²) in [7, 11) is 0. The lowest BCUT2D eigenvalue weighted by molar-refractivity contribution is -0.384. The minimum atomic E-state index is -0.495. The molecule has 2 aromatic rings. The Morgan fingerprint density at radius 1 is 1.44 bits per heavy atom. The molecule has 2 rings (SSSR count). The zero-order chi connectivity index (χ0) is 13.3. The van der Waals surface area contributed by atoms with Gasteiger partial charge in [-0.25, -0.2) is 15.8 Å². The molecule has 0 aliphatic rings.